The summed E-state index contributed by atoms with van der Waals surface area (Å²) in [4.78, 5) is 11.3. The van der Waals surface area contributed by atoms with Gasteiger partial charge < -0.3 is 9.15 Å². The van der Waals surface area contributed by atoms with Gasteiger partial charge in [0.05, 0.1) is 6.26 Å². The molecule has 15 heavy (non-hydrogen) atoms. The Morgan fingerprint density at radius 1 is 1.20 bits per heavy atom. The molecule has 0 aliphatic carbocycles. The number of halogens is 1. The molecule has 1 heterocycles. The maximum atomic E-state index is 13.1. The van der Waals surface area contributed by atoms with Crippen molar-refractivity contribution in [2.24, 2.45) is 0 Å². The normalized spacial score (nSPS) is 9.93. The molecule has 0 unspecified atom stereocenters. The molecule has 0 amide bonds. The largest absolute Gasteiger partial charge is 0.457 e. The molecular formula is C11H7FO3. The lowest BCUT2D eigenvalue weighted by atomic mass is 10.3. The van der Waals surface area contributed by atoms with Crippen LogP contribution in [0.5, 0.6) is 5.75 Å². The van der Waals surface area contributed by atoms with Gasteiger partial charge in [-0.25, -0.2) is 9.18 Å². The molecule has 0 aliphatic rings. The highest BCUT2D eigenvalue weighted by Gasteiger charge is 2.13. The number of furan rings is 1. The zero-order valence-corrected chi connectivity index (χ0v) is 7.64. The van der Waals surface area contributed by atoms with Crippen LogP contribution in [0.1, 0.15) is 10.6 Å². The molecule has 0 saturated heterocycles. The van der Waals surface area contributed by atoms with Gasteiger partial charge in [-0.05, 0) is 24.3 Å². The Morgan fingerprint density at radius 2 is 2.00 bits per heavy atom. The molecule has 0 saturated carbocycles. The van der Waals surface area contributed by atoms with E-state index >= 15 is 0 Å². The highest BCUT2D eigenvalue weighted by Crippen LogP contribution is 2.17. The molecule has 0 bridgehead atoms. The maximum Gasteiger partial charge on any atom is 0.379 e. The first kappa shape index (κ1) is 9.45. The molecule has 1 aromatic heterocycles. The second-order valence-corrected chi connectivity index (χ2v) is 2.80. The van der Waals surface area contributed by atoms with E-state index in [1.165, 1.54) is 30.5 Å². The standard InChI is InChI=1S/C11H7FO3/c12-8-4-1-2-5-9(8)15-11(13)10-6-3-7-14-10/h1-7H. The van der Waals surface area contributed by atoms with E-state index in [2.05, 4.69) is 0 Å². The molecule has 4 heteroatoms. The quantitative estimate of drug-likeness (QED) is 0.560. The summed E-state index contributed by atoms with van der Waals surface area (Å²) in [5.41, 5.74) is 0. The van der Waals surface area contributed by atoms with Gasteiger partial charge in [-0.15, -0.1) is 0 Å². The second kappa shape index (κ2) is 3.96. The number of hydrogen-bond acceptors (Lipinski definition) is 3. The lowest BCUT2D eigenvalue weighted by Gasteiger charge is -2.02. The number of benzene rings is 1. The van der Waals surface area contributed by atoms with Gasteiger partial charge in [-0.3, -0.25) is 0 Å². The summed E-state index contributed by atoms with van der Waals surface area (Å²) in [7, 11) is 0. The highest BCUT2D eigenvalue weighted by molar-refractivity contribution is 5.88. The van der Waals surface area contributed by atoms with E-state index in [-0.39, 0.29) is 11.5 Å². The van der Waals surface area contributed by atoms with Gasteiger partial charge in [-0.1, -0.05) is 12.1 Å². The third-order valence-corrected chi connectivity index (χ3v) is 1.76. The van der Waals surface area contributed by atoms with Crippen LogP contribution in [0.4, 0.5) is 4.39 Å². The van der Waals surface area contributed by atoms with Crippen molar-refractivity contribution < 1.29 is 18.3 Å². The molecule has 0 N–H and O–H groups in total. The molecule has 0 radical (unpaired) electrons. The molecular weight excluding hydrogens is 199 g/mol. The van der Waals surface area contributed by atoms with E-state index in [0.29, 0.717) is 0 Å². The van der Waals surface area contributed by atoms with Gasteiger partial charge >= 0.3 is 5.97 Å². The number of carbonyl (C=O) groups is 1. The predicted molar refractivity (Wildman–Crippen MR) is 50.1 cm³/mol. The summed E-state index contributed by atoms with van der Waals surface area (Å²) < 4.78 is 22.7. The summed E-state index contributed by atoms with van der Waals surface area (Å²) in [6.45, 7) is 0. The molecule has 76 valence electrons. The van der Waals surface area contributed by atoms with Crippen molar-refractivity contribution in [2.45, 2.75) is 0 Å². The third-order valence-electron chi connectivity index (χ3n) is 1.76. The van der Waals surface area contributed by atoms with Crippen molar-refractivity contribution in [3.05, 3.63) is 54.2 Å². The van der Waals surface area contributed by atoms with Crippen LogP contribution in [0.3, 0.4) is 0 Å². The van der Waals surface area contributed by atoms with Crippen LogP contribution in [-0.4, -0.2) is 5.97 Å². The van der Waals surface area contributed by atoms with Crippen LogP contribution in [0, 0.1) is 5.82 Å². The molecule has 0 aliphatic heterocycles. The monoisotopic (exact) mass is 206 g/mol. The number of esters is 1. The van der Waals surface area contributed by atoms with Crippen molar-refractivity contribution in [1.82, 2.24) is 0 Å². The molecule has 2 aromatic rings. The minimum atomic E-state index is -0.718. The van der Waals surface area contributed by atoms with Crippen LogP contribution in [0.2, 0.25) is 0 Å². The summed E-state index contributed by atoms with van der Waals surface area (Å²) in [5, 5.41) is 0. The zero-order chi connectivity index (χ0) is 10.7. The summed E-state index contributed by atoms with van der Waals surface area (Å²) in [6.07, 6.45) is 1.35. The van der Waals surface area contributed by atoms with Gasteiger partial charge in [0.2, 0.25) is 5.76 Å². The average molecular weight is 206 g/mol. The Hall–Kier alpha value is -2.10. The fourth-order valence-corrected chi connectivity index (χ4v) is 1.07. The first-order valence-electron chi connectivity index (χ1n) is 4.27. The smallest absolute Gasteiger partial charge is 0.379 e. The summed E-state index contributed by atoms with van der Waals surface area (Å²) in [5.74, 6) is -1.38. The molecule has 0 atom stereocenters. The molecule has 1 aromatic carbocycles. The third kappa shape index (κ3) is 2.04. The Balaban J connectivity index is 2.17. The van der Waals surface area contributed by atoms with Gasteiger partial charge in [0.15, 0.2) is 11.6 Å². The van der Waals surface area contributed by atoms with Crippen LogP contribution >= 0.6 is 0 Å². The van der Waals surface area contributed by atoms with Gasteiger partial charge in [0.25, 0.3) is 0 Å². The highest BCUT2D eigenvalue weighted by atomic mass is 19.1. The van der Waals surface area contributed by atoms with E-state index in [1.807, 2.05) is 0 Å². The number of hydrogen-bond donors (Lipinski definition) is 0. The fraction of sp³-hybridized carbons (Fsp3) is 0. The van der Waals surface area contributed by atoms with Crippen molar-refractivity contribution in [1.29, 1.82) is 0 Å². The van der Waals surface area contributed by atoms with E-state index < -0.39 is 11.8 Å². The van der Waals surface area contributed by atoms with Crippen molar-refractivity contribution in [2.75, 3.05) is 0 Å². The lowest BCUT2D eigenvalue weighted by Crippen LogP contribution is -2.08. The number of carbonyl (C=O) groups excluding carboxylic acids is 1. The molecule has 3 nitrogen and oxygen atoms in total. The summed E-state index contributed by atoms with van der Waals surface area (Å²) >= 11 is 0. The molecule has 2 rings (SSSR count). The summed E-state index contributed by atoms with van der Waals surface area (Å²) in [6, 6.07) is 8.68. The van der Waals surface area contributed by atoms with Gasteiger partial charge in [0, 0.05) is 0 Å². The van der Waals surface area contributed by atoms with Crippen molar-refractivity contribution >= 4 is 5.97 Å². The van der Waals surface area contributed by atoms with Crippen molar-refractivity contribution in [3.63, 3.8) is 0 Å². The fourth-order valence-electron chi connectivity index (χ4n) is 1.07. The van der Waals surface area contributed by atoms with Crippen LogP contribution in [0.15, 0.2) is 47.1 Å². The van der Waals surface area contributed by atoms with E-state index in [9.17, 15) is 9.18 Å². The van der Waals surface area contributed by atoms with E-state index in [1.54, 1.807) is 12.1 Å². The minimum Gasteiger partial charge on any atom is -0.457 e. The van der Waals surface area contributed by atoms with Gasteiger partial charge in [0.1, 0.15) is 0 Å². The Kier molecular flexibility index (Phi) is 2.49. The number of para-hydroxylation sites is 1. The Labute approximate surface area is 85.1 Å². The van der Waals surface area contributed by atoms with E-state index in [0.717, 1.165) is 0 Å². The zero-order valence-electron chi connectivity index (χ0n) is 7.64. The van der Waals surface area contributed by atoms with Crippen molar-refractivity contribution in [3.8, 4) is 5.75 Å². The Bertz CT molecular complexity index is 462. The van der Waals surface area contributed by atoms with Crippen LogP contribution in [-0.2, 0) is 0 Å². The molecule has 0 spiro atoms. The Morgan fingerprint density at radius 3 is 2.67 bits per heavy atom. The van der Waals surface area contributed by atoms with Crippen LogP contribution < -0.4 is 4.74 Å². The lowest BCUT2D eigenvalue weighted by molar-refractivity contribution is 0.0694. The first-order chi connectivity index (χ1) is 7.27. The second-order valence-electron chi connectivity index (χ2n) is 2.80. The van der Waals surface area contributed by atoms with Crippen LogP contribution in [0.25, 0.3) is 0 Å². The first-order valence-corrected chi connectivity index (χ1v) is 4.27. The predicted octanol–water partition coefficient (Wildman–Crippen LogP) is 2.64. The topological polar surface area (TPSA) is 39.4 Å². The number of ether oxygens (including phenoxy) is 1. The minimum absolute atomic E-state index is 0.0400. The molecule has 0 fully saturated rings. The van der Waals surface area contributed by atoms with Gasteiger partial charge in [-0.2, -0.15) is 0 Å². The SMILES string of the molecule is O=C(Oc1ccccc1F)c1ccco1. The van der Waals surface area contributed by atoms with E-state index in [4.69, 9.17) is 9.15 Å². The average Bonchev–Trinajstić information content (AvgIpc) is 2.74. The number of rotatable bonds is 2. The maximum absolute atomic E-state index is 13.1.